The molecule has 0 radical (unpaired) electrons. The summed E-state index contributed by atoms with van der Waals surface area (Å²) >= 11 is 0. The highest BCUT2D eigenvalue weighted by Gasteiger charge is 2.30. The molecule has 0 bridgehead atoms. The highest BCUT2D eigenvalue weighted by atomic mass is 16.5. The quantitative estimate of drug-likeness (QED) is 0.806. The molecule has 2 rings (SSSR count). The maximum atomic E-state index is 11.8. The van der Waals surface area contributed by atoms with E-state index in [-0.39, 0.29) is 11.9 Å². The zero-order chi connectivity index (χ0) is 13.1. The van der Waals surface area contributed by atoms with Gasteiger partial charge in [0.15, 0.2) is 0 Å². The van der Waals surface area contributed by atoms with E-state index in [4.69, 9.17) is 10.5 Å². The molecule has 1 aromatic rings. The second kappa shape index (κ2) is 5.27. The van der Waals surface area contributed by atoms with Gasteiger partial charge in [-0.25, -0.2) is 0 Å². The van der Waals surface area contributed by atoms with Gasteiger partial charge in [0, 0.05) is 19.6 Å². The van der Waals surface area contributed by atoms with Crippen LogP contribution in [0.5, 0.6) is 5.75 Å². The average Bonchev–Trinajstić information content (AvgIpc) is 2.38. The first-order chi connectivity index (χ1) is 8.67. The van der Waals surface area contributed by atoms with Gasteiger partial charge in [-0.05, 0) is 24.6 Å². The van der Waals surface area contributed by atoms with Gasteiger partial charge in [-0.1, -0.05) is 6.07 Å². The number of hydrogen-bond acceptors (Lipinski definition) is 4. The van der Waals surface area contributed by atoms with Crippen molar-refractivity contribution in [3.8, 4) is 5.75 Å². The summed E-state index contributed by atoms with van der Waals surface area (Å²) in [6.45, 7) is 3.69. The summed E-state index contributed by atoms with van der Waals surface area (Å²) < 4.78 is 5.37. The van der Waals surface area contributed by atoms with Gasteiger partial charge < -0.3 is 20.7 Å². The largest absolute Gasteiger partial charge is 0.495 e. The fraction of sp³-hybridized carbons (Fsp3) is 0.462. The van der Waals surface area contributed by atoms with E-state index in [1.807, 2.05) is 30.0 Å². The number of hydrogen-bond donors (Lipinski definition) is 2. The number of amides is 1. The van der Waals surface area contributed by atoms with Crippen molar-refractivity contribution < 1.29 is 9.53 Å². The number of methoxy groups -OCH3 is 1. The van der Waals surface area contributed by atoms with Crippen molar-refractivity contribution in [2.45, 2.75) is 13.0 Å². The molecule has 1 amide bonds. The Bertz CT molecular complexity index is 448. The van der Waals surface area contributed by atoms with Crippen LogP contribution < -0.4 is 20.7 Å². The minimum Gasteiger partial charge on any atom is -0.495 e. The lowest BCUT2D eigenvalue weighted by Crippen LogP contribution is -2.58. The third-order valence-corrected chi connectivity index (χ3v) is 3.20. The number of carbonyl (C=O) groups excluding carboxylic acids is 1. The van der Waals surface area contributed by atoms with Gasteiger partial charge in [-0.2, -0.15) is 0 Å². The molecular weight excluding hydrogens is 230 g/mol. The first-order valence-electron chi connectivity index (χ1n) is 6.06. The summed E-state index contributed by atoms with van der Waals surface area (Å²) in [7, 11) is 1.63. The molecule has 0 aromatic heterocycles. The molecule has 1 aromatic carbocycles. The second-order valence-corrected chi connectivity index (χ2v) is 4.41. The molecule has 1 saturated heterocycles. The molecule has 1 heterocycles. The number of aryl methyl sites for hydroxylation is 1. The molecule has 5 nitrogen and oxygen atoms in total. The van der Waals surface area contributed by atoms with Crippen molar-refractivity contribution in [2.75, 3.05) is 31.6 Å². The van der Waals surface area contributed by atoms with Gasteiger partial charge in [-0.15, -0.1) is 0 Å². The lowest BCUT2D eigenvalue weighted by Gasteiger charge is -2.36. The highest BCUT2D eigenvalue weighted by molar-refractivity contribution is 5.87. The molecular formula is C13H19N3O2. The van der Waals surface area contributed by atoms with E-state index in [0.29, 0.717) is 13.1 Å². The van der Waals surface area contributed by atoms with Crippen LogP contribution in [0.4, 0.5) is 5.69 Å². The lowest BCUT2D eigenvalue weighted by atomic mass is 10.1. The van der Waals surface area contributed by atoms with Gasteiger partial charge in [-0.3, -0.25) is 4.79 Å². The Balaban J connectivity index is 2.39. The van der Waals surface area contributed by atoms with E-state index in [9.17, 15) is 4.79 Å². The predicted molar refractivity (Wildman–Crippen MR) is 70.9 cm³/mol. The monoisotopic (exact) mass is 249 g/mol. The zero-order valence-corrected chi connectivity index (χ0v) is 10.8. The first-order valence-corrected chi connectivity index (χ1v) is 6.06. The van der Waals surface area contributed by atoms with Crippen LogP contribution >= 0.6 is 0 Å². The molecule has 1 aliphatic heterocycles. The number of anilines is 1. The van der Waals surface area contributed by atoms with Gasteiger partial charge in [0.05, 0.1) is 12.8 Å². The third kappa shape index (κ3) is 2.26. The number of benzene rings is 1. The van der Waals surface area contributed by atoms with E-state index >= 15 is 0 Å². The molecule has 98 valence electrons. The summed E-state index contributed by atoms with van der Waals surface area (Å²) in [6.07, 6.45) is 0. The van der Waals surface area contributed by atoms with Gasteiger partial charge in [0.1, 0.15) is 11.8 Å². The van der Waals surface area contributed by atoms with Crippen LogP contribution in [0.25, 0.3) is 0 Å². The van der Waals surface area contributed by atoms with Gasteiger partial charge >= 0.3 is 0 Å². The number of ether oxygens (including phenoxy) is 1. The summed E-state index contributed by atoms with van der Waals surface area (Å²) in [4.78, 5) is 13.8. The van der Waals surface area contributed by atoms with Crippen molar-refractivity contribution in [2.24, 2.45) is 5.73 Å². The van der Waals surface area contributed by atoms with Crippen molar-refractivity contribution in [3.63, 3.8) is 0 Å². The summed E-state index contributed by atoms with van der Waals surface area (Å²) in [5.41, 5.74) is 7.77. The maximum Gasteiger partial charge on any atom is 0.244 e. The number of nitrogens with zero attached hydrogens (tertiary/aromatic N) is 1. The van der Waals surface area contributed by atoms with Crippen LogP contribution in [-0.4, -0.2) is 38.7 Å². The molecule has 0 aliphatic carbocycles. The number of piperazine rings is 1. The van der Waals surface area contributed by atoms with E-state index in [1.54, 1.807) is 7.11 Å². The molecule has 1 unspecified atom stereocenters. The maximum absolute atomic E-state index is 11.8. The second-order valence-electron chi connectivity index (χ2n) is 4.41. The Hall–Kier alpha value is -1.75. The first kappa shape index (κ1) is 12.7. The normalized spacial score (nSPS) is 19.6. The fourth-order valence-corrected chi connectivity index (χ4v) is 2.26. The molecule has 3 N–H and O–H groups in total. The summed E-state index contributed by atoms with van der Waals surface area (Å²) in [5, 5.41) is 2.83. The predicted octanol–water partition coefficient (Wildman–Crippen LogP) is 0.267. The molecule has 1 fully saturated rings. The minimum absolute atomic E-state index is 0.0210. The Morgan fingerprint density at radius 3 is 3.00 bits per heavy atom. The van der Waals surface area contributed by atoms with Gasteiger partial charge in [0.25, 0.3) is 0 Å². The number of carbonyl (C=O) groups is 1. The van der Waals surface area contributed by atoms with Crippen LogP contribution in [0.15, 0.2) is 18.2 Å². The van der Waals surface area contributed by atoms with Crippen molar-refractivity contribution >= 4 is 11.6 Å². The van der Waals surface area contributed by atoms with Crippen LogP contribution in [-0.2, 0) is 4.79 Å². The minimum atomic E-state index is -0.325. The Morgan fingerprint density at radius 1 is 1.56 bits per heavy atom. The fourth-order valence-electron chi connectivity index (χ4n) is 2.26. The smallest absolute Gasteiger partial charge is 0.244 e. The van der Waals surface area contributed by atoms with Crippen molar-refractivity contribution in [1.29, 1.82) is 0 Å². The molecule has 18 heavy (non-hydrogen) atoms. The highest BCUT2D eigenvalue weighted by Crippen LogP contribution is 2.31. The Labute approximate surface area is 107 Å². The average molecular weight is 249 g/mol. The zero-order valence-electron chi connectivity index (χ0n) is 10.8. The molecule has 0 saturated carbocycles. The molecule has 5 heteroatoms. The standard InChI is InChI=1S/C13H19N3O2/c1-9-3-4-12(18-2)10(7-9)16-6-5-15-13(17)11(16)8-14/h3-4,7,11H,5-6,8,14H2,1-2H3,(H,15,17). The third-order valence-electron chi connectivity index (χ3n) is 3.20. The van der Waals surface area contributed by atoms with E-state index in [2.05, 4.69) is 5.32 Å². The van der Waals surface area contributed by atoms with E-state index in [0.717, 1.165) is 23.5 Å². The van der Waals surface area contributed by atoms with Crippen LogP contribution in [0.1, 0.15) is 5.56 Å². The SMILES string of the molecule is COc1ccc(C)cc1N1CCNC(=O)C1CN. The number of rotatable bonds is 3. The Morgan fingerprint density at radius 2 is 2.33 bits per heavy atom. The van der Waals surface area contributed by atoms with Crippen LogP contribution in [0.2, 0.25) is 0 Å². The summed E-state index contributed by atoms with van der Waals surface area (Å²) in [6, 6.07) is 5.61. The molecule has 0 spiro atoms. The number of nitrogens with two attached hydrogens (primary N) is 1. The van der Waals surface area contributed by atoms with Crippen LogP contribution in [0.3, 0.4) is 0 Å². The molecule has 1 aliphatic rings. The summed E-state index contributed by atoms with van der Waals surface area (Å²) in [5.74, 6) is 0.751. The lowest BCUT2D eigenvalue weighted by molar-refractivity contribution is -0.123. The number of nitrogens with one attached hydrogen (secondary N) is 1. The van der Waals surface area contributed by atoms with Crippen LogP contribution in [0, 0.1) is 6.92 Å². The van der Waals surface area contributed by atoms with Gasteiger partial charge in [0.2, 0.25) is 5.91 Å². The Kier molecular flexibility index (Phi) is 3.72. The van der Waals surface area contributed by atoms with Crippen molar-refractivity contribution in [1.82, 2.24) is 5.32 Å². The van der Waals surface area contributed by atoms with E-state index < -0.39 is 0 Å². The van der Waals surface area contributed by atoms with E-state index in [1.165, 1.54) is 0 Å². The topological polar surface area (TPSA) is 67.6 Å². The molecule has 1 atom stereocenters. The van der Waals surface area contributed by atoms with Crippen molar-refractivity contribution in [3.05, 3.63) is 23.8 Å².